The fourth-order valence-electron chi connectivity index (χ4n) is 1.75. The first kappa shape index (κ1) is 15.4. The number of carbonyl (C=O) groups excluding carboxylic acids is 1. The van der Waals surface area contributed by atoms with Crippen LogP contribution in [0.3, 0.4) is 0 Å². The molecule has 0 atom stereocenters. The van der Waals surface area contributed by atoms with Crippen LogP contribution in [0.4, 0.5) is 0 Å². The molecule has 1 aromatic carbocycles. The highest BCUT2D eigenvalue weighted by atomic mass is 32.2. The van der Waals surface area contributed by atoms with Crippen molar-refractivity contribution in [2.45, 2.75) is 18.2 Å². The fraction of sp³-hybridized carbons (Fsp3) is 0.235. The number of hydrogen-bond acceptors (Lipinski definition) is 3. The molecule has 0 saturated heterocycles. The number of rotatable bonds is 7. The number of carbonyl (C=O) groups is 1. The number of hydrogen-bond donors (Lipinski definition) is 1. The van der Waals surface area contributed by atoms with Gasteiger partial charge in [-0.2, -0.15) is 0 Å². The minimum Gasteiger partial charge on any atom is -0.462 e. The summed E-state index contributed by atoms with van der Waals surface area (Å²) in [6, 6.07) is 14.0. The van der Waals surface area contributed by atoms with E-state index in [1.165, 1.54) is 11.0 Å². The van der Waals surface area contributed by atoms with Gasteiger partial charge in [0.05, 0.1) is 0 Å². The largest absolute Gasteiger partial charge is 0.462 e. The molecule has 3 nitrogen and oxygen atoms in total. The van der Waals surface area contributed by atoms with Crippen LogP contribution in [0, 0.1) is 6.92 Å². The Morgan fingerprint density at radius 3 is 2.76 bits per heavy atom. The monoisotopic (exact) mass is 301 g/mol. The molecule has 2 aromatic rings. The lowest BCUT2D eigenvalue weighted by molar-refractivity contribution is -0.116. The Morgan fingerprint density at radius 2 is 2.05 bits per heavy atom. The van der Waals surface area contributed by atoms with E-state index in [-0.39, 0.29) is 5.91 Å². The predicted octanol–water partition coefficient (Wildman–Crippen LogP) is 3.90. The lowest BCUT2D eigenvalue weighted by Gasteiger charge is -2.02. The number of thioether (sulfide) groups is 1. The first-order chi connectivity index (χ1) is 10.2. The Bertz CT molecular complexity index is 590. The van der Waals surface area contributed by atoms with E-state index in [4.69, 9.17) is 4.42 Å². The summed E-state index contributed by atoms with van der Waals surface area (Å²) < 4.78 is 5.36. The summed E-state index contributed by atoms with van der Waals surface area (Å²) in [6.45, 7) is 2.56. The van der Waals surface area contributed by atoms with Gasteiger partial charge in [-0.1, -0.05) is 18.2 Å². The van der Waals surface area contributed by atoms with Crippen molar-refractivity contribution in [1.82, 2.24) is 5.32 Å². The second-order valence-electron chi connectivity index (χ2n) is 4.59. The standard InChI is InChI=1S/C17H19NO2S/c1-14-8-9-15(20-14)10-11-17(19)18-12-5-13-21-16-6-3-2-4-7-16/h2-4,6-11H,5,12-13H2,1H3,(H,18,19)/b11-10+. The smallest absolute Gasteiger partial charge is 0.244 e. The Labute approximate surface area is 129 Å². The Morgan fingerprint density at radius 1 is 1.24 bits per heavy atom. The molecule has 1 aromatic heterocycles. The first-order valence-corrected chi connectivity index (χ1v) is 7.93. The average molecular weight is 301 g/mol. The molecular formula is C17H19NO2S. The van der Waals surface area contributed by atoms with Crippen LogP contribution in [0.2, 0.25) is 0 Å². The zero-order chi connectivity index (χ0) is 14.9. The van der Waals surface area contributed by atoms with Crippen LogP contribution in [-0.2, 0) is 4.79 Å². The summed E-state index contributed by atoms with van der Waals surface area (Å²) in [5.41, 5.74) is 0. The molecular weight excluding hydrogens is 282 g/mol. The highest BCUT2D eigenvalue weighted by Gasteiger charge is 1.98. The molecule has 0 unspecified atom stereocenters. The maximum absolute atomic E-state index is 11.6. The number of furan rings is 1. The van der Waals surface area contributed by atoms with Gasteiger partial charge in [0.1, 0.15) is 11.5 Å². The minimum atomic E-state index is -0.0891. The maximum Gasteiger partial charge on any atom is 0.244 e. The number of nitrogens with one attached hydrogen (secondary N) is 1. The topological polar surface area (TPSA) is 42.2 Å². The highest BCUT2D eigenvalue weighted by Crippen LogP contribution is 2.17. The second kappa shape index (κ2) is 8.37. The molecule has 1 N–H and O–H groups in total. The van der Waals surface area contributed by atoms with Crippen LogP contribution in [0.25, 0.3) is 6.08 Å². The summed E-state index contributed by atoms with van der Waals surface area (Å²) in [6.07, 6.45) is 4.13. The molecule has 0 bridgehead atoms. The van der Waals surface area contributed by atoms with Crippen LogP contribution >= 0.6 is 11.8 Å². The van der Waals surface area contributed by atoms with Crippen molar-refractivity contribution in [3.8, 4) is 0 Å². The van der Waals surface area contributed by atoms with Crippen molar-refractivity contribution in [1.29, 1.82) is 0 Å². The summed E-state index contributed by atoms with van der Waals surface area (Å²) in [4.78, 5) is 12.9. The van der Waals surface area contributed by atoms with Gasteiger partial charge in [0.2, 0.25) is 5.91 Å². The van der Waals surface area contributed by atoms with Crippen molar-refractivity contribution in [2.24, 2.45) is 0 Å². The van der Waals surface area contributed by atoms with Crippen LogP contribution in [0.5, 0.6) is 0 Å². The molecule has 4 heteroatoms. The van der Waals surface area contributed by atoms with Gasteiger partial charge in [0.25, 0.3) is 0 Å². The molecule has 0 aliphatic heterocycles. The molecule has 21 heavy (non-hydrogen) atoms. The van der Waals surface area contributed by atoms with E-state index < -0.39 is 0 Å². The normalized spacial score (nSPS) is 10.9. The van der Waals surface area contributed by atoms with E-state index in [0.29, 0.717) is 12.3 Å². The third-order valence-electron chi connectivity index (χ3n) is 2.79. The average Bonchev–Trinajstić information content (AvgIpc) is 2.91. The van der Waals surface area contributed by atoms with Gasteiger partial charge in [-0.3, -0.25) is 4.79 Å². The molecule has 1 heterocycles. The van der Waals surface area contributed by atoms with E-state index in [1.54, 1.807) is 17.8 Å². The first-order valence-electron chi connectivity index (χ1n) is 6.94. The van der Waals surface area contributed by atoms with Crippen LogP contribution < -0.4 is 5.32 Å². The van der Waals surface area contributed by atoms with Crippen molar-refractivity contribution < 1.29 is 9.21 Å². The molecule has 0 radical (unpaired) electrons. The van der Waals surface area contributed by atoms with E-state index in [0.717, 1.165) is 17.9 Å². The zero-order valence-electron chi connectivity index (χ0n) is 12.0. The predicted molar refractivity (Wildman–Crippen MR) is 87.3 cm³/mol. The summed E-state index contributed by atoms with van der Waals surface area (Å²) >= 11 is 1.80. The lowest BCUT2D eigenvalue weighted by Crippen LogP contribution is -2.22. The van der Waals surface area contributed by atoms with Gasteiger partial charge in [0.15, 0.2) is 0 Å². The third-order valence-corrected chi connectivity index (χ3v) is 3.89. The van der Waals surface area contributed by atoms with Gasteiger partial charge in [-0.15, -0.1) is 11.8 Å². The quantitative estimate of drug-likeness (QED) is 0.479. The molecule has 0 aliphatic rings. The zero-order valence-corrected chi connectivity index (χ0v) is 12.9. The number of amides is 1. The molecule has 1 amide bonds. The van der Waals surface area contributed by atoms with Gasteiger partial charge >= 0.3 is 0 Å². The minimum absolute atomic E-state index is 0.0891. The molecule has 0 fully saturated rings. The molecule has 110 valence electrons. The van der Waals surface area contributed by atoms with Gasteiger partial charge in [-0.25, -0.2) is 0 Å². The number of benzene rings is 1. The molecule has 2 rings (SSSR count). The molecule has 0 spiro atoms. The van der Waals surface area contributed by atoms with Crippen molar-refractivity contribution in [3.63, 3.8) is 0 Å². The van der Waals surface area contributed by atoms with E-state index in [1.807, 2.05) is 37.3 Å². The highest BCUT2D eigenvalue weighted by molar-refractivity contribution is 7.99. The van der Waals surface area contributed by atoms with Crippen molar-refractivity contribution >= 4 is 23.7 Å². The van der Waals surface area contributed by atoms with Crippen LogP contribution in [0.1, 0.15) is 17.9 Å². The van der Waals surface area contributed by atoms with Crippen LogP contribution in [0.15, 0.2) is 57.9 Å². The SMILES string of the molecule is Cc1ccc(/C=C/C(=O)NCCCSc2ccccc2)o1. The van der Waals surface area contributed by atoms with E-state index in [9.17, 15) is 4.79 Å². The Hall–Kier alpha value is -1.94. The molecule has 0 saturated carbocycles. The summed E-state index contributed by atoms with van der Waals surface area (Å²) in [7, 11) is 0. The lowest BCUT2D eigenvalue weighted by atomic mass is 10.3. The van der Waals surface area contributed by atoms with E-state index in [2.05, 4.69) is 17.4 Å². The summed E-state index contributed by atoms with van der Waals surface area (Å²) in [5.74, 6) is 2.44. The number of aryl methyl sites for hydroxylation is 1. The van der Waals surface area contributed by atoms with Crippen molar-refractivity contribution in [2.75, 3.05) is 12.3 Å². The van der Waals surface area contributed by atoms with Gasteiger partial charge < -0.3 is 9.73 Å². The maximum atomic E-state index is 11.6. The Kier molecular flexibility index (Phi) is 6.16. The van der Waals surface area contributed by atoms with Gasteiger partial charge in [-0.05, 0) is 49.4 Å². The second-order valence-corrected chi connectivity index (χ2v) is 5.76. The summed E-state index contributed by atoms with van der Waals surface area (Å²) in [5, 5.41) is 2.87. The van der Waals surface area contributed by atoms with Gasteiger partial charge in [0, 0.05) is 17.5 Å². The third kappa shape index (κ3) is 5.92. The van der Waals surface area contributed by atoms with Crippen molar-refractivity contribution in [3.05, 3.63) is 60.1 Å². The van der Waals surface area contributed by atoms with Crippen LogP contribution in [-0.4, -0.2) is 18.2 Å². The Balaban J connectivity index is 1.60. The van der Waals surface area contributed by atoms with E-state index >= 15 is 0 Å². The molecule has 0 aliphatic carbocycles. The fourth-order valence-corrected chi connectivity index (χ4v) is 2.62.